The molecule has 0 bridgehead atoms. The number of hydrogen-bond acceptors (Lipinski definition) is 3. The Bertz CT molecular complexity index is 605. The summed E-state index contributed by atoms with van der Waals surface area (Å²) in [5.41, 5.74) is -0.371. The minimum absolute atomic E-state index is 0.0212. The maximum atomic E-state index is 13.1. The van der Waals surface area contributed by atoms with Gasteiger partial charge < -0.3 is 20.6 Å². The van der Waals surface area contributed by atoms with Crippen molar-refractivity contribution >= 4 is 23.6 Å². The van der Waals surface area contributed by atoms with Gasteiger partial charge in [0.05, 0.1) is 11.3 Å². The summed E-state index contributed by atoms with van der Waals surface area (Å²) < 4.78 is 13.1. The van der Waals surface area contributed by atoms with Crippen LogP contribution in [0, 0.1) is 5.82 Å². The van der Waals surface area contributed by atoms with Gasteiger partial charge in [-0.25, -0.2) is 14.0 Å². The second-order valence-corrected chi connectivity index (χ2v) is 4.59. The first kappa shape index (κ1) is 14.8. The third-order valence-corrected chi connectivity index (χ3v) is 3.21. The lowest BCUT2D eigenvalue weighted by molar-refractivity contribution is -0.126. The number of carboxylic acid groups (broad SMARTS) is 1. The molecule has 1 fully saturated rings. The smallest absolute Gasteiger partial charge is 0.337 e. The molecule has 1 aromatic rings. The molecule has 1 saturated heterocycles. The van der Waals surface area contributed by atoms with Crippen LogP contribution < -0.4 is 10.6 Å². The quantitative estimate of drug-likeness (QED) is 0.754. The van der Waals surface area contributed by atoms with E-state index in [-0.39, 0.29) is 17.2 Å². The van der Waals surface area contributed by atoms with Crippen LogP contribution in [-0.2, 0) is 4.79 Å². The molecule has 0 spiro atoms. The third kappa shape index (κ3) is 3.10. The predicted octanol–water partition coefficient (Wildman–Crippen LogP) is 0.876. The minimum Gasteiger partial charge on any atom is -0.478 e. The molecule has 1 atom stereocenters. The molecule has 0 saturated carbocycles. The zero-order valence-corrected chi connectivity index (χ0v) is 11.2. The number of anilines is 1. The van der Waals surface area contributed by atoms with Gasteiger partial charge in [0.2, 0.25) is 5.91 Å². The Morgan fingerprint density at radius 3 is 2.86 bits per heavy atom. The summed E-state index contributed by atoms with van der Waals surface area (Å²) in [4.78, 5) is 36.0. The number of amides is 3. The van der Waals surface area contributed by atoms with Gasteiger partial charge in [-0.3, -0.25) is 4.79 Å². The number of urea groups is 1. The van der Waals surface area contributed by atoms with Crippen molar-refractivity contribution in [3.63, 3.8) is 0 Å². The van der Waals surface area contributed by atoms with Crippen molar-refractivity contribution in [3.05, 3.63) is 29.6 Å². The highest BCUT2D eigenvalue weighted by molar-refractivity contribution is 6.01. The average molecular weight is 295 g/mol. The monoisotopic (exact) mass is 295 g/mol. The molecule has 7 nitrogen and oxygen atoms in total. The molecule has 0 aliphatic carbocycles. The van der Waals surface area contributed by atoms with Gasteiger partial charge in [0.25, 0.3) is 0 Å². The number of carbonyl (C=O) groups excluding carboxylic acids is 2. The molecule has 1 unspecified atom stereocenters. The van der Waals surface area contributed by atoms with E-state index in [1.807, 2.05) is 0 Å². The highest BCUT2D eigenvalue weighted by Crippen LogP contribution is 2.18. The highest BCUT2D eigenvalue weighted by atomic mass is 19.1. The maximum absolute atomic E-state index is 13.1. The molecule has 1 aliphatic rings. The van der Waals surface area contributed by atoms with Crippen molar-refractivity contribution in [2.45, 2.75) is 13.0 Å². The van der Waals surface area contributed by atoms with Crippen LogP contribution in [0.5, 0.6) is 0 Å². The summed E-state index contributed by atoms with van der Waals surface area (Å²) in [6, 6.07) is 1.78. The van der Waals surface area contributed by atoms with Gasteiger partial charge in [-0.15, -0.1) is 0 Å². The van der Waals surface area contributed by atoms with E-state index in [1.54, 1.807) is 6.92 Å². The lowest BCUT2D eigenvalue weighted by atomic mass is 10.1. The van der Waals surface area contributed by atoms with E-state index < -0.39 is 23.9 Å². The Labute approximate surface area is 119 Å². The van der Waals surface area contributed by atoms with E-state index in [4.69, 9.17) is 5.11 Å². The van der Waals surface area contributed by atoms with Crippen LogP contribution in [0.1, 0.15) is 17.3 Å². The van der Waals surface area contributed by atoms with Crippen molar-refractivity contribution in [1.82, 2.24) is 10.2 Å². The minimum atomic E-state index is -1.35. The van der Waals surface area contributed by atoms with E-state index in [0.717, 1.165) is 12.1 Å². The molecular formula is C13H14FN3O4. The number of nitrogens with one attached hydrogen (secondary N) is 2. The first-order valence-corrected chi connectivity index (χ1v) is 6.28. The summed E-state index contributed by atoms with van der Waals surface area (Å²) in [5, 5.41) is 14.0. The first-order chi connectivity index (χ1) is 9.90. The number of carbonyl (C=O) groups is 3. The third-order valence-electron chi connectivity index (χ3n) is 3.21. The summed E-state index contributed by atoms with van der Waals surface area (Å²) >= 11 is 0. The van der Waals surface area contributed by atoms with Gasteiger partial charge in [0.15, 0.2) is 0 Å². The lowest BCUT2D eigenvalue weighted by Gasteiger charge is -2.32. The molecule has 3 N–H and O–H groups in total. The number of nitrogens with zero attached hydrogens (tertiary/aromatic N) is 1. The fourth-order valence-corrected chi connectivity index (χ4v) is 2.05. The van der Waals surface area contributed by atoms with Gasteiger partial charge in [-0.2, -0.15) is 0 Å². The Balaban J connectivity index is 2.20. The van der Waals surface area contributed by atoms with E-state index in [9.17, 15) is 18.8 Å². The summed E-state index contributed by atoms with van der Waals surface area (Å²) in [5.74, 6) is -2.35. The van der Waals surface area contributed by atoms with Crippen molar-refractivity contribution < 1.29 is 23.9 Å². The topological polar surface area (TPSA) is 98.7 Å². The first-order valence-electron chi connectivity index (χ1n) is 6.28. The number of aromatic carboxylic acids is 1. The molecular weight excluding hydrogens is 281 g/mol. The fourth-order valence-electron chi connectivity index (χ4n) is 2.05. The molecule has 1 aliphatic heterocycles. The van der Waals surface area contributed by atoms with E-state index in [0.29, 0.717) is 13.1 Å². The summed E-state index contributed by atoms with van der Waals surface area (Å²) in [6.45, 7) is 2.20. The van der Waals surface area contributed by atoms with Crippen LogP contribution in [-0.4, -0.2) is 47.0 Å². The van der Waals surface area contributed by atoms with Gasteiger partial charge >= 0.3 is 12.0 Å². The van der Waals surface area contributed by atoms with Crippen LogP contribution in [0.15, 0.2) is 18.2 Å². The largest absolute Gasteiger partial charge is 0.478 e. The number of carboxylic acids is 1. The number of hydrogen-bond donors (Lipinski definition) is 3. The molecule has 8 heteroatoms. The molecule has 3 amide bonds. The van der Waals surface area contributed by atoms with E-state index >= 15 is 0 Å². The maximum Gasteiger partial charge on any atom is 0.337 e. The van der Waals surface area contributed by atoms with Crippen LogP contribution in [0.4, 0.5) is 14.9 Å². The average Bonchev–Trinajstić information content (AvgIpc) is 2.43. The van der Waals surface area contributed by atoms with E-state index in [2.05, 4.69) is 10.6 Å². The Kier molecular flexibility index (Phi) is 4.06. The van der Waals surface area contributed by atoms with Crippen molar-refractivity contribution in [3.8, 4) is 0 Å². The van der Waals surface area contributed by atoms with E-state index in [1.165, 1.54) is 11.0 Å². The molecule has 1 heterocycles. The standard InChI is InChI=1S/C13H14FN3O4/c1-7-11(18)15-4-5-17(7)13(21)16-10-3-2-8(14)6-9(10)12(19)20/h2-3,6-7H,4-5H2,1H3,(H,15,18)(H,16,21)(H,19,20). The number of benzene rings is 1. The zero-order valence-electron chi connectivity index (χ0n) is 11.2. The van der Waals surface area contributed by atoms with Crippen LogP contribution in [0.2, 0.25) is 0 Å². The van der Waals surface area contributed by atoms with Crippen LogP contribution in [0.25, 0.3) is 0 Å². The molecule has 21 heavy (non-hydrogen) atoms. The molecule has 112 valence electrons. The molecule has 0 radical (unpaired) electrons. The van der Waals surface area contributed by atoms with Crippen molar-refractivity contribution in [1.29, 1.82) is 0 Å². The second kappa shape index (κ2) is 5.78. The van der Waals surface area contributed by atoms with Crippen molar-refractivity contribution in [2.24, 2.45) is 0 Å². The fraction of sp³-hybridized carbons (Fsp3) is 0.308. The van der Waals surface area contributed by atoms with Gasteiger partial charge in [0, 0.05) is 13.1 Å². The lowest BCUT2D eigenvalue weighted by Crippen LogP contribution is -2.56. The van der Waals surface area contributed by atoms with Gasteiger partial charge in [0.1, 0.15) is 11.9 Å². The second-order valence-electron chi connectivity index (χ2n) is 4.59. The van der Waals surface area contributed by atoms with Crippen molar-refractivity contribution in [2.75, 3.05) is 18.4 Å². The number of rotatable bonds is 2. The molecule has 1 aromatic carbocycles. The highest BCUT2D eigenvalue weighted by Gasteiger charge is 2.29. The number of piperazine rings is 1. The van der Waals surface area contributed by atoms with Crippen LogP contribution >= 0.6 is 0 Å². The SMILES string of the molecule is CC1C(=O)NCCN1C(=O)Nc1ccc(F)cc1C(=O)O. The zero-order chi connectivity index (χ0) is 15.6. The van der Waals surface area contributed by atoms with Crippen LogP contribution in [0.3, 0.4) is 0 Å². The predicted molar refractivity (Wildman–Crippen MR) is 71.6 cm³/mol. The number of halogens is 1. The molecule has 2 rings (SSSR count). The molecule has 0 aromatic heterocycles. The van der Waals surface area contributed by atoms with Gasteiger partial charge in [-0.05, 0) is 25.1 Å². The summed E-state index contributed by atoms with van der Waals surface area (Å²) in [7, 11) is 0. The summed E-state index contributed by atoms with van der Waals surface area (Å²) in [6.07, 6.45) is 0. The van der Waals surface area contributed by atoms with Gasteiger partial charge in [-0.1, -0.05) is 0 Å². The Morgan fingerprint density at radius 1 is 1.48 bits per heavy atom. The normalized spacial score (nSPS) is 18.1. The Hall–Kier alpha value is -2.64. The Morgan fingerprint density at radius 2 is 2.19 bits per heavy atom.